The van der Waals surface area contributed by atoms with Crippen molar-refractivity contribution in [3.05, 3.63) is 0 Å². The van der Waals surface area contributed by atoms with Crippen LogP contribution < -0.4 is 5.32 Å². The Hall–Kier alpha value is -1.05. The number of ether oxygens (including phenoxy) is 4. The van der Waals surface area contributed by atoms with Crippen LogP contribution in [0.5, 0.6) is 0 Å². The van der Waals surface area contributed by atoms with E-state index in [0.717, 1.165) is 44.4 Å². The molecule has 0 radical (unpaired) electrons. The van der Waals surface area contributed by atoms with Gasteiger partial charge < -0.3 is 70.2 Å². The van der Waals surface area contributed by atoms with Gasteiger partial charge in [-0.3, -0.25) is 4.79 Å². The lowest BCUT2D eigenvalue weighted by Crippen LogP contribution is -2.61. The fraction of sp³-hybridized carbons (Fsp3) is 0.982. The fourth-order valence-electron chi connectivity index (χ4n) is 9.81. The van der Waals surface area contributed by atoms with Gasteiger partial charge in [0.1, 0.15) is 54.9 Å². The van der Waals surface area contributed by atoms with Gasteiger partial charge in [-0.2, -0.15) is 0 Å². The molecule has 1 amide bonds. The summed E-state index contributed by atoms with van der Waals surface area (Å²) in [5.41, 5.74) is 0. The van der Waals surface area contributed by atoms with E-state index < -0.39 is 98.8 Å². The summed E-state index contributed by atoms with van der Waals surface area (Å²) >= 11 is 0. The predicted octanol–water partition coefficient (Wildman–Crippen LogP) is 8.16. The molecule has 15 heteroatoms. The molecule has 10 N–H and O–H groups in total. The second-order valence-electron chi connectivity index (χ2n) is 21.6. The van der Waals surface area contributed by atoms with E-state index in [1.165, 1.54) is 161 Å². The molecule has 15 nitrogen and oxygen atoms in total. The van der Waals surface area contributed by atoms with Crippen LogP contribution in [-0.4, -0.2) is 151 Å². The molecule has 71 heavy (non-hydrogen) atoms. The SMILES string of the molecule is CCCCCCCCCCCCCCCCCCCCCCCC(O)C(=O)NC(COC1OC(COC2OCC(O)C(O)C2O)C(O)C(O)C1O)C(O)C(O)CCCCCCCCCCCCC(C)CC. The van der Waals surface area contributed by atoms with Crippen molar-refractivity contribution in [3.63, 3.8) is 0 Å². The van der Waals surface area contributed by atoms with Gasteiger partial charge in [-0.05, 0) is 18.8 Å². The number of rotatable bonds is 46. The third kappa shape index (κ3) is 29.7. The number of carbonyl (C=O) groups excluding carboxylic acids is 1. The molecule has 2 aliphatic heterocycles. The van der Waals surface area contributed by atoms with Crippen LogP contribution in [-0.2, 0) is 23.7 Å². The van der Waals surface area contributed by atoms with Crippen molar-refractivity contribution in [1.82, 2.24) is 5.32 Å². The Bertz CT molecular complexity index is 1240. The van der Waals surface area contributed by atoms with Crippen molar-refractivity contribution in [2.24, 2.45) is 5.92 Å². The first-order chi connectivity index (χ1) is 34.3. The number of nitrogens with one attached hydrogen (secondary N) is 1. The molecule has 2 rings (SSSR count). The summed E-state index contributed by atoms with van der Waals surface area (Å²) in [6.07, 6.45) is 22.6. The third-order valence-corrected chi connectivity index (χ3v) is 15.1. The van der Waals surface area contributed by atoms with Crippen LogP contribution in [0.3, 0.4) is 0 Å². The molecule has 0 aliphatic carbocycles. The Labute approximate surface area is 430 Å². The average Bonchev–Trinajstić information content (AvgIpc) is 3.36. The lowest BCUT2D eigenvalue weighted by atomic mass is 9.98. The van der Waals surface area contributed by atoms with Crippen molar-refractivity contribution in [2.75, 3.05) is 19.8 Å². The normalized spacial score (nSPS) is 26.0. The number of carbonyl (C=O) groups is 1. The highest BCUT2D eigenvalue weighted by Gasteiger charge is 2.46. The standard InChI is InChI=1S/C56H109NO14/c1-4-6-7-8-9-10-11-12-13-14-15-16-17-18-19-20-21-26-29-32-35-38-45(59)54(67)57-43(48(61)44(58)37-34-31-28-25-23-22-24-27-30-33-36-42(3)5-2)39-68-56-53(66)51(64)50(63)47(71-56)41-70-55-52(65)49(62)46(60)40-69-55/h42-53,55-56,58-66H,4-41H2,1-3H3,(H,57,67). The van der Waals surface area contributed by atoms with E-state index in [-0.39, 0.29) is 19.4 Å². The molecule has 2 fully saturated rings. The molecule has 14 unspecified atom stereocenters. The lowest BCUT2D eigenvalue weighted by molar-refractivity contribution is -0.322. The zero-order valence-electron chi connectivity index (χ0n) is 45.0. The van der Waals surface area contributed by atoms with E-state index >= 15 is 0 Å². The van der Waals surface area contributed by atoms with Crippen LogP contribution >= 0.6 is 0 Å². The monoisotopic (exact) mass is 1020 g/mol. The number of hydrogen-bond donors (Lipinski definition) is 10. The van der Waals surface area contributed by atoms with Crippen molar-refractivity contribution >= 4 is 5.91 Å². The predicted molar refractivity (Wildman–Crippen MR) is 278 cm³/mol. The van der Waals surface area contributed by atoms with E-state index in [1.807, 2.05) is 0 Å². The smallest absolute Gasteiger partial charge is 0.249 e. The van der Waals surface area contributed by atoms with E-state index in [9.17, 15) is 50.8 Å². The number of amides is 1. The fourth-order valence-corrected chi connectivity index (χ4v) is 9.81. The molecule has 0 bridgehead atoms. The van der Waals surface area contributed by atoms with Crippen molar-refractivity contribution < 1.29 is 69.7 Å². The first-order valence-electron chi connectivity index (χ1n) is 29.2. The van der Waals surface area contributed by atoms with E-state index in [1.54, 1.807) is 0 Å². The van der Waals surface area contributed by atoms with Crippen LogP contribution in [0.2, 0.25) is 0 Å². The van der Waals surface area contributed by atoms with Gasteiger partial charge >= 0.3 is 0 Å². The molecule has 2 aliphatic rings. The number of unbranched alkanes of at least 4 members (excludes halogenated alkanes) is 29. The van der Waals surface area contributed by atoms with Crippen LogP contribution in [0, 0.1) is 5.92 Å². The Balaban J connectivity index is 1.77. The summed E-state index contributed by atoms with van der Waals surface area (Å²) < 4.78 is 22.3. The molecule has 0 aromatic heterocycles. The van der Waals surface area contributed by atoms with Gasteiger partial charge in [0.15, 0.2) is 12.6 Å². The summed E-state index contributed by atoms with van der Waals surface area (Å²) in [4.78, 5) is 13.3. The number of aliphatic hydroxyl groups is 9. The Morgan fingerprint density at radius 2 is 0.944 bits per heavy atom. The summed E-state index contributed by atoms with van der Waals surface area (Å²) in [6.45, 7) is 5.53. The summed E-state index contributed by atoms with van der Waals surface area (Å²) in [5.74, 6) is 0.0730. The summed E-state index contributed by atoms with van der Waals surface area (Å²) in [6, 6.07) is -1.25. The Morgan fingerprint density at radius 3 is 1.41 bits per heavy atom. The maximum atomic E-state index is 13.3. The number of hydrogen-bond acceptors (Lipinski definition) is 14. The maximum absolute atomic E-state index is 13.3. The van der Waals surface area contributed by atoms with Crippen molar-refractivity contribution in [2.45, 2.75) is 325 Å². The largest absolute Gasteiger partial charge is 0.390 e. The van der Waals surface area contributed by atoms with E-state index in [0.29, 0.717) is 12.8 Å². The highest BCUT2D eigenvalue weighted by molar-refractivity contribution is 5.80. The Kier molecular flexibility index (Phi) is 39.2. The molecule has 0 aromatic rings. The summed E-state index contributed by atoms with van der Waals surface area (Å²) in [7, 11) is 0. The average molecular weight is 1020 g/mol. The quantitative estimate of drug-likeness (QED) is 0.0259. The molecule has 2 heterocycles. The third-order valence-electron chi connectivity index (χ3n) is 15.1. The molecule has 14 atom stereocenters. The second kappa shape index (κ2) is 42.1. The minimum absolute atomic E-state index is 0.223. The lowest BCUT2D eigenvalue weighted by Gasteiger charge is -2.42. The van der Waals surface area contributed by atoms with Crippen LogP contribution in [0.4, 0.5) is 0 Å². The summed E-state index contributed by atoms with van der Waals surface area (Å²) in [5, 5.41) is 98.2. The molecular weight excluding hydrogens is 911 g/mol. The number of aliphatic hydroxyl groups excluding tert-OH is 9. The second-order valence-corrected chi connectivity index (χ2v) is 21.6. The minimum atomic E-state index is -1.77. The van der Waals surface area contributed by atoms with Crippen LogP contribution in [0.15, 0.2) is 0 Å². The minimum Gasteiger partial charge on any atom is -0.390 e. The molecule has 0 aromatic carbocycles. The molecule has 0 spiro atoms. The van der Waals surface area contributed by atoms with Crippen molar-refractivity contribution in [1.29, 1.82) is 0 Å². The first-order valence-corrected chi connectivity index (χ1v) is 29.2. The zero-order valence-corrected chi connectivity index (χ0v) is 45.0. The molecule has 0 saturated carbocycles. The van der Waals surface area contributed by atoms with Gasteiger partial charge in [0.25, 0.3) is 0 Å². The first kappa shape index (κ1) is 66.1. The van der Waals surface area contributed by atoms with Crippen LogP contribution in [0.25, 0.3) is 0 Å². The maximum Gasteiger partial charge on any atom is 0.249 e. The topological polar surface area (TPSA) is 248 Å². The zero-order chi connectivity index (χ0) is 52.1. The van der Waals surface area contributed by atoms with Gasteiger partial charge in [-0.25, -0.2) is 0 Å². The highest BCUT2D eigenvalue weighted by Crippen LogP contribution is 2.26. The van der Waals surface area contributed by atoms with Crippen LogP contribution in [0.1, 0.15) is 245 Å². The van der Waals surface area contributed by atoms with Gasteiger partial charge in [0.2, 0.25) is 5.91 Å². The van der Waals surface area contributed by atoms with E-state index in [2.05, 4.69) is 26.1 Å². The van der Waals surface area contributed by atoms with E-state index in [4.69, 9.17) is 18.9 Å². The van der Waals surface area contributed by atoms with Crippen molar-refractivity contribution in [3.8, 4) is 0 Å². The Morgan fingerprint density at radius 1 is 0.521 bits per heavy atom. The molecule has 422 valence electrons. The van der Waals surface area contributed by atoms with Gasteiger partial charge in [-0.1, -0.05) is 233 Å². The highest BCUT2D eigenvalue weighted by atomic mass is 16.7. The van der Waals surface area contributed by atoms with Gasteiger partial charge in [-0.15, -0.1) is 0 Å². The van der Waals surface area contributed by atoms with Gasteiger partial charge in [0.05, 0.1) is 32.0 Å². The van der Waals surface area contributed by atoms with Gasteiger partial charge in [0, 0.05) is 0 Å². The molecule has 2 saturated heterocycles. The molecular formula is C56H109NO14.